The van der Waals surface area contributed by atoms with E-state index in [0.717, 1.165) is 23.5 Å². The van der Waals surface area contributed by atoms with E-state index in [-0.39, 0.29) is 25.5 Å². The van der Waals surface area contributed by atoms with E-state index in [9.17, 15) is 0 Å². The number of para-hydroxylation sites is 2. The minimum Gasteiger partial charge on any atom is -0.507 e. The van der Waals surface area contributed by atoms with Gasteiger partial charge in [-0.3, -0.25) is 0 Å². The van der Waals surface area contributed by atoms with Gasteiger partial charge in [0, 0.05) is 28.0 Å². The maximum Gasteiger partial charge on any atom is 3.00 e. The minimum atomic E-state index is 0. The summed E-state index contributed by atoms with van der Waals surface area (Å²) in [5.74, 6) is 0. The first-order chi connectivity index (χ1) is 20.4. The van der Waals surface area contributed by atoms with E-state index in [2.05, 4.69) is 132 Å². The largest absolute Gasteiger partial charge is 3.00 e. The van der Waals surface area contributed by atoms with Crippen molar-refractivity contribution in [1.29, 1.82) is 0 Å². The molecule has 8 rings (SSSR count). The van der Waals surface area contributed by atoms with Gasteiger partial charge in [-0.1, -0.05) is 74.8 Å². The molecule has 43 heavy (non-hydrogen) atoms. The average Bonchev–Trinajstić information content (AvgIpc) is 3.69. The number of hydrogen-bond acceptors (Lipinski definition) is 3. The Kier molecular flexibility index (Phi) is 7.72. The molecule has 7 aromatic rings. The molecule has 4 heterocycles. The van der Waals surface area contributed by atoms with E-state index in [1.54, 1.807) is 0 Å². The zero-order valence-electron chi connectivity index (χ0n) is 24.8. The first kappa shape index (κ1) is 28.9. The van der Waals surface area contributed by atoms with Crippen LogP contribution in [0.3, 0.4) is 0 Å². The molecule has 4 nitrogen and oxygen atoms in total. The number of pyridine rings is 1. The van der Waals surface area contributed by atoms with Gasteiger partial charge in [-0.2, -0.15) is 18.8 Å². The van der Waals surface area contributed by atoms with E-state index in [0.29, 0.717) is 0 Å². The van der Waals surface area contributed by atoms with Crippen molar-refractivity contribution in [3.63, 3.8) is 0 Å². The van der Waals surface area contributed by atoms with Gasteiger partial charge >= 0.3 is 20.1 Å². The minimum absolute atomic E-state index is 0. The van der Waals surface area contributed by atoms with Gasteiger partial charge in [-0.15, -0.1) is 53.0 Å². The molecule has 1 aliphatic rings. The van der Waals surface area contributed by atoms with E-state index >= 15 is 0 Å². The van der Waals surface area contributed by atoms with Gasteiger partial charge in [0.2, 0.25) is 0 Å². The van der Waals surface area contributed by atoms with Crippen molar-refractivity contribution in [1.82, 2.24) is 14.3 Å². The quantitative estimate of drug-likeness (QED) is 0.169. The second-order valence-electron chi connectivity index (χ2n) is 12.2. The van der Waals surface area contributed by atoms with Crippen molar-refractivity contribution in [2.45, 2.75) is 27.7 Å². The van der Waals surface area contributed by atoms with Crippen LogP contribution in [0.25, 0.3) is 49.4 Å². The fourth-order valence-electron chi connectivity index (χ4n) is 5.87. The SMILES string of the molecule is CC(C)(C)CN1C=CN(c2[c-]cc3c(c2)c2cccc4c5ccccc5n3c24)[CH-]1.Cc1ccc(-c2[c-]cccc2)nc1.[Ir+3]. The molecule has 0 atom stereocenters. The Balaban J connectivity index is 0.000000199. The molecule has 1 aliphatic heterocycles. The van der Waals surface area contributed by atoms with Crippen molar-refractivity contribution in [2.75, 3.05) is 11.4 Å². The van der Waals surface area contributed by atoms with Crippen molar-refractivity contribution < 1.29 is 20.1 Å². The maximum absolute atomic E-state index is 4.32. The molecule has 0 amide bonds. The van der Waals surface area contributed by atoms with Crippen molar-refractivity contribution in [3.05, 3.63) is 134 Å². The number of hydrogen-bond donors (Lipinski definition) is 0. The fourth-order valence-corrected chi connectivity index (χ4v) is 5.87. The number of rotatable bonds is 3. The zero-order chi connectivity index (χ0) is 28.8. The molecule has 4 aromatic carbocycles. The molecule has 0 spiro atoms. The molecule has 0 bridgehead atoms. The third-order valence-corrected chi connectivity index (χ3v) is 7.66. The molecule has 3 aromatic heterocycles. The topological polar surface area (TPSA) is 23.8 Å². The summed E-state index contributed by atoms with van der Waals surface area (Å²) in [5, 5.41) is 5.22. The van der Waals surface area contributed by atoms with Gasteiger partial charge in [0.1, 0.15) is 0 Å². The Bertz CT molecular complexity index is 2040. The maximum atomic E-state index is 4.32. The smallest absolute Gasteiger partial charge is 0.507 e. The number of benzene rings is 4. The summed E-state index contributed by atoms with van der Waals surface area (Å²) in [4.78, 5) is 8.73. The molecular formula is C38H33IrN4. The number of nitrogens with zero attached hydrogens (tertiary/aromatic N) is 4. The summed E-state index contributed by atoms with van der Waals surface area (Å²) >= 11 is 0. The molecule has 0 saturated carbocycles. The Morgan fingerprint density at radius 1 is 0.791 bits per heavy atom. The van der Waals surface area contributed by atoms with Crippen molar-refractivity contribution in [3.8, 4) is 11.3 Å². The second-order valence-corrected chi connectivity index (χ2v) is 12.2. The Hall–Kier alpha value is -4.18. The van der Waals surface area contributed by atoms with E-state index in [1.807, 2.05) is 43.5 Å². The molecular weight excluding hydrogens is 705 g/mol. The predicted molar refractivity (Wildman–Crippen MR) is 175 cm³/mol. The number of anilines is 1. The van der Waals surface area contributed by atoms with Crippen LogP contribution in [-0.2, 0) is 20.1 Å². The Morgan fingerprint density at radius 2 is 1.56 bits per heavy atom. The van der Waals surface area contributed by atoms with E-state index < -0.39 is 0 Å². The van der Waals surface area contributed by atoms with Crippen LogP contribution in [0, 0.1) is 31.1 Å². The summed E-state index contributed by atoms with van der Waals surface area (Å²) in [6, 6.07) is 38.3. The first-order valence-corrected chi connectivity index (χ1v) is 14.4. The van der Waals surface area contributed by atoms with Gasteiger partial charge in [-0.25, -0.2) is 0 Å². The number of fused-ring (bicyclic) bond motifs is 6. The number of aryl methyl sites for hydroxylation is 1. The first-order valence-electron chi connectivity index (χ1n) is 14.4. The molecule has 0 saturated heterocycles. The molecule has 0 fully saturated rings. The van der Waals surface area contributed by atoms with E-state index in [4.69, 9.17) is 0 Å². The van der Waals surface area contributed by atoms with Crippen LogP contribution in [-0.4, -0.2) is 20.8 Å². The zero-order valence-corrected chi connectivity index (χ0v) is 27.2. The second kappa shape index (κ2) is 11.5. The van der Waals surface area contributed by atoms with Crippen LogP contribution in [0.5, 0.6) is 0 Å². The van der Waals surface area contributed by atoms with Crippen molar-refractivity contribution in [2.24, 2.45) is 5.41 Å². The van der Waals surface area contributed by atoms with Crippen LogP contribution in [0.2, 0.25) is 0 Å². The van der Waals surface area contributed by atoms with Gasteiger partial charge in [-0.05, 0) is 54.0 Å². The van der Waals surface area contributed by atoms with Crippen LogP contribution in [0.15, 0.2) is 110 Å². The molecule has 0 unspecified atom stereocenters. The third kappa shape index (κ3) is 5.51. The predicted octanol–water partition coefficient (Wildman–Crippen LogP) is 9.25. The molecule has 0 radical (unpaired) electrons. The molecule has 0 aliphatic carbocycles. The monoisotopic (exact) mass is 738 g/mol. The van der Waals surface area contributed by atoms with Gasteiger partial charge in [0.15, 0.2) is 0 Å². The van der Waals surface area contributed by atoms with Crippen molar-refractivity contribution >= 4 is 43.8 Å². The molecule has 0 N–H and O–H groups in total. The average molecular weight is 738 g/mol. The summed E-state index contributed by atoms with van der Waals surface area (Å²) in [6.07, 6.45) is 6.13. The van der Waals surface area contributed by atoms with Gasteiger partial charge < -0.3 is 19.2 Å². The summed E-state index contributed by atoms with van der Waals surface area (Å²) in [7, 11) is 0. The standard InChI is InChI=1S/C26H23N3.C12H10N.Ir/c1-26(2,3)16-27-13-14-28(17-27)18-11-12-24-22(15-18)21-9-6-8-20-19-7-4-5-10-23(19)29(24)25(20)21;1-10-7-8-12(13-9-10)11-5-3-2-4-6-11;/h4-10,12-15,17H,16H2,1-3H3;2-5,7-9H,1H3;/q-2;-1;+3. The van der Waals surface area contributed by atoms with E-state index in [1.165, 1.54) is 43.7 Å². The van der Waals surface area contributed by atoms with Crippen LogP contribution in [0.4, 0.5) is 5.69 Å². The molecule has 5 heteroatoms. The Labute approximate surface area is 267 Å². The number of aromatic nitrogens is 2. The van der Waals surface area contributed by atoms with Gasteiger partial charge in [0.05, 0.1) is 0 Å². The Morgan fingerprint density at radius 3 is 2.30 bits per heavy atom. The van der Waals surface area contributed by atoms with Crippen LogP contribution in [0.1, 0.15) is 26.3 Å². The van der Waals surface area contributed by atoms with Crippen LogP contribution >= 0.6 is 0 Å². The summed E-state index contributed by atoms with van der Waals surface area (Å²) in [6.45, 7) is 12.0. The third-order valence-electron chi connectivity index (χ3n) is 7.66. The summed E-state index contributed by atoms with van der Waals surface area (Å²) < 4.78 is 2.39. The molecule has 214 valence electrons. The van der Waals surface area contributed by atoms with Gasteiger partial charge in [0.25, 0.3) is 0 Å². The summed E-state index contributed by atoms with van der Waals surface area (Å²) in [5.41, 5.74) is 8.31. The normalized spacial score (nSPS) is 13.2. The van der Waals surface area contributed by atoms with Crippen LogP contribution < -0.4 is 4.90 Å². The fraction of sp³-hybridized carbons (Fsp3) is 0.158.